The lowest BCUT2D eigenvalue weighted by Crippen LogP contribution is -2.62. The summed E-state index contributed by atoms with van der Waals surface area (Å²) in [5, 5.41) is 16.7. The summed E-state index contributed by atoms with van der Waals surface area (Å²) >= 11 is 0. The molecule has 1 aromatic carbocycles. The third-order valence-corrected chi connectivity index (χ3v) is 5.90. The normalized spacial score (nSPS) is 20.5. The number of piperidine rings is 1. The Kier molecular flexibility index (Phi) is 3.79. The maximum Gasteiger partial charge on any atom is 0.322 e. The molecule has 0 aliphatic carbocycles. The molecular weight excluding hydrogens is 352 g/mol. The highest BCUT2D eigenvalue weighted by molar-refractivity contribution is 5.91. The largest absolute Gasteiger partial charge is 0.322 e. The standard InChI is InChI=1S/C21H20N6O.H2/c1-13-5-6-14(24-21(28)27-15-3-2-4-16(27)10-15)9-17(13)19-12-26-20(7-8-23-26)18(11-22)25-19;/h5-9,12,15-16H,2-4,10H2,1H3,(H,24,28);1H. The minimum Gasteiger partial charge on any atom is -0.318 e. The van der Waals surface area contributed by atoms with E-state index in [9.17, 15) is 10.1 Å². The number of nitrogens with zero attached hydrogens (tertiary/aromatic N) is 5. The molecule has 2 saturated heterocycles. The summed E-state index contributed by atoms with van der Waals surface area (Å²) in [6.45, 7) is 1.99. The van der Waals surface area contributed by atoms with Crippen molar-refractivity contribution in [3.05, 3.63) is 47.9 Å². The Bertz CT molecular complexity index is 1120. The lowest BCUT2D eigenvalue weighted by molar-refractivity contribution is 0.0173. The highest BCUT2D eigenvalue weighted by atomic mass is 16.2. The smallest absolute Gasteiger partial charge is 0.318 e. The number of anilines is 1. The summed E-state index contributed by atoms with van der Waals surface area (Å²) in [5.41, 5.74) is 4.28. The number of benzene rings is 1. The van der Waals surface area contributed by atoms with Gasteiger partial charge in [-0.3, -0.25) is 0 Å². The monoisotopic (exact) mass is 374 g/mol. The van der Waals surface area contributed by atoms with Crippen LogP contribution in [-0.2, 0) is 0 Å². The molecule has 3 aromatic rings. The van der Waals surface area contributed by atoms with E-state index in [1.54, 1.807) is 16.8 Å². The first-order valence-electron chi connectivity index (χ1n) is 9.59. The summed E-state index contributed by atoms with van der Waals surface area (Å²) in [4.78, 5) is 19.2. The zero-order valence-electron chi connectivity index (χ0n) is 15.6. The van der Waals surface area contributed by atoms with Crippen LogP contribution in [0.25, 0.3) is 16.8 Å². The quantitative estimate of drug-likeness (QED) is 0.735. The molecule has 2 atom stereocenters. The first-order valence-corrected chi connectivity index (χ1v) is 9.59. The fourth-order valence-electron chi connectivity index (χ4n) is 4.44. The van der Waals surface area contributed by atoms with Gasteiger partial charge in [-0.15, -0.1) is 0 Å². The number of amides is 2. The fourth-order valence-corrected chi connectivity index (χ4v) is 4.44. The van der Waals surface area contributed by atoms with Crippen molar-refractivity contribution in [1.29, 1.82) is 5.26 Å². The average molecular weight is 374 g/mol. The summed E-state index contributed by atoms with van der Waals surface area (Å²) in [6.07, 6.45) is 8.02. The molecule has 0 spiro atoms. The van der Waals surface area contributed by atoms with E-state index in [0.29, 0.717) is 29.0 Å². The fraction of sp³-hybridized carbons (Fsp3) is 0.333. The van der Waals surface area contributed by atoms with Crippen molar-refractivity contribution in [2.75, 3.05) is 5.32 Å². The molecule has 2 aromatic heterocycles. The molecular formula is C21H22N6O. The zero-order chi connectivity index (χ0) is 19.3. The Balaban J connectivity index is 0.00000205. The summed E-state index contributed by atoms with van der Waals surface area (Å²) < 4.78 is 1.66. The molecule has 142 valence electrons. The second-order valence-electron chi connectivity index (χ2n) is 7.59. The van der Waals surface area contributed by atoms with Gasteiger partial charge in [-0.05, 0) is 56.4 Å². The minimum absolute atomic E-state index is 0. The van der Waals surface area contributed by atoms with Gasteiger partial charge in [-0.2, -0.15) is 10.4 Å². The second kappa shape index (κ2) is 6.34. The van der Waals surface area contributed by atoms with Crippen molar-refractivity contribution in [1.82, 2.24) is 19.5 Å². The maximum absolute atomic E-state index is 12.7. The Labute approximate surface area is 164 Å². The predicted molar refractivity (Wildman–Crippen MR) is 107 cm³/mol. The Hall–Kier alpha value is -3.40. The van der Waals surface area contributed by atoms with Gasteiger partial charge in [-0.1, -0.05) is 6.07 Å². The molecule has 5 rings (SSSR count). The van der Waals surface area contributed by atoms with E-state index in [-0.39, 0.29) is 7.46 Å². The maximum atomic E-state index is 12.7. The average Bonchev–Trinajstić information content (AvgIpc) is 3.18. The number of rotatable bonds is 2. The Morgan fingerprint density at radius 2 is 2.14 bits per heavy atom. The second-order valence-corrected chi connectivity index (χ2v) is 7.59. The van der Waals surface area contributed by atoms with Gasteiger partial charge in [0, 0.05) is 24.8 Å². The van der Waals surface area contributed by atoms with Crippen LogP contribution in [-0.4, -0.2) is 37.6 Å². The summed E-state index contributed by atoms with van der Waals surface area (Å²) in [5.74, 6) is 0. The molecule has 2 aliphatic rings. The van der Waals surface area contributed by atoms with Crippen molar-refractivity contribution in [3.8, 4) is 17.3 Å². The Morgan fingerprint density at radius 3 is 2.89 bits per heavy atom. The first kappa shape index (κ1) is 16.8. The van der Waals surface area contributed by atoms with Crippen LogP contribution in [0.5, 0.6) is 0 Å². The molecule has 2 fully saturated rings. The van der Waals surface area contributed by atoms with Crippen molar-refractivity contribution in [2.24, 2.45) is 0 Å². The zero-order valence-corrected chi connectivity index (χ0v) is 15.6. The van der Waals surface area contributed by atoms with Crippen molar-refractivity contribution < 1.29 is 6.22 Å². The van der Waals surface area contributed by atoms with Crippen LogP contribution in [0, 0.1) is 18.3 Å². The SMILES string of the molecule is Cc1ccc(NC(=O)N2C3CCCC2C3)cc1-c1cn2nccc2c(C#N)n1.[HH]. The molecule has 4 heterocycles. The minimum atomic E-state index is -0.0241. The van der Waals surface area contributed by atoms with Crippen LogP contribution in [0.4, 0.5) is 10.5 Å². The van der Waals surface area contributed by atoms with Crippen LogP contribution < -0.4 is 5.32 Å². The third-order valence-electron chi connectivity index (χ3n) is 5.90. The van der Waals surface area contributed by atoms with Gasteiger partial charge in [0.2, 0.25) is 0 Å². The Morgan fingerprint density at radius 1 is 1.32 bits per heavy atom. The topological polar surface area (TPSA) is 86.3 Å². The molecule has 1 N–H and O–H groups in total. The molecule has 2 aliphatic heterocycles. The molecule has 2 unspecified atom stereocenters. The third kappa shape index (κ3) is 2.61. The number of hydrogen-bond acceptors (Lipinski definition) is 4. The van der Waals surface area contributed by atoms with Crippen LogP contribution in [0.3, 0.4) is 0 Å². The van der Waals surface area contributed by atoms with E-state index in [1.165, 1.54) is 6.42 Å². The number of hydrogen-bond donors (Lipinski definition) is 1. The van der Waals surface area contributed by atoms with Crippen LogP contribution in [0.2, 0.25) is 0 Å². The van der Waals surface area contributed by atoms with Crippen LogP contribution in [0.15, 0.2) is 36.7 Å². The summed E-state index contributed by atoms with van der Waals surface area (Å²) in [7, 11) is 0. The van der Waals surface area contributed by atoms with E-state index in [1.807, 2.05) is 36.2 Å². The van der Waals surface area contributed by atoms with Gasteiger partial charge in [0.15, 0.2) is 5.69 Å². The van der Waals surface area contributed by atoms with Crippen LogP contribution >= 0.6 is 0 Å². The molecule has 7 nitrogen and oxygen atoms in total. The molecule has 0 radical (unpaired) electrons. The van der Waals surface area contributed by atoms with Crippen molar-refractivity contribution >= 4 is 17.2 Å². The number of carbonyl (C=O) groups excluding carboxylic acids is 1. The van der Waals surface area contributed by atoms with E-state index in [2.05, 4.69) is 21.5 Å². The van der Waals surface area contributed by atoms with Gasteiger partial charge in [0.1, 0.15) is 11.6 Å². The van der Waals surface area contributed by atoms with E-state index in [4.69, 9.17) is 0 Å². The number of nitrogens with one attached hydrogen (secondary N) is 1. The number of carbonyl (C=O) groups is 1. The summed E-state index contributed by atoms with van der Waals surface area (Å²) in [6, 6.07) is 10.5. The van der Waals surface area contributed by atoms with Crippen molar-refractivity contribution in [2.45, 2.75) is 44.7 Å². The molecule has 28 heavy (non-hydrogen) atoms. The number of urea groups is 1. The molecule has 0 saturated carbocycles. The van der Waals surface area contributed by atoms with Crippen molar-refractivity contribution in [3.63, 3.8) is 0 Å². The highest BCUT2D eigenvalue weighted by Crippen LogP contribution is 2.38. The number of fused-ring (bicyclic) bond motifs is 3. The number of aryl methyl sites for hydroxylation is 1. The van der Waals surface area contributed by atoms with Crippen LogP contribution in [0.1, 0.15) is 38.4 Å². The van der Waals surface area contributed by atoms with Gasteiger partial charge in [0.05, 0.1) is 18.1 Å². The van der Waals surface area contributed by atoms with Gasteiger partial charge in [0.25, 0.3) is 0 Å². The molecule has 7 heteroatoms. The number of aromatic nitrogens is 3. The van der Waals surface area contributed by atoms with E-state index in [0.717, 1.165) is 36.1 Å². The highest BCUT2D eigenvalue weighted by Gasteiger charge is 2.44. The lowest BCUT2D eigenvalue weighted by Gasteiger charge is -2.52. The molecule has 2 bridgehead atoms. The van der Waals surface area contributed by atoms with E-state index >= 15 is 0 Å². The first-order chi connectivity index (χ1) is 13.6. The lowest BCUT2D eigenvalue weighted by atomic mass is 9.80. The molecule has 2 amide bonds. The van der Waals surface area contributed by atoms with Gasteiger partial charge < -0.3 is 10.2 Å². The van der Waals surface area contributed by atoms with Gasteiger partial charge >= 0.3 is 6.03 Å². The number of nitriles is 1. The predicted octanol–water partition coefficient (Wildman–Crippen LogP) is 3.98. The van der Waals surface area contributed by atoms with Gasteiger partial charge in [-0.25, -0.2) is 14.3 Å². The van der Waals surface area contributed by atoms with E-state index < -0.39 is 0 Å².